The van der Waals surface area contributed by atoms with Crippen LogP contribution in [0, 0.1) is 6.92 Å². The van der Waals surface area contributed by atoms with Gasteiger partial charge in [0, 0.05) is 17.5 Å². The number of rotatable bonds is 5. The molecular formula is C20H23NO3. The zero-order chi connectivity index (χ0) is 17.2. The van der Waals surface area contributed by atoms with Crippen molar-refractivity contribution < 1.29 is 14.3 Å². The fraction of sp³-hybridized carbons (Fsp3) is 0.350. The quantitative estimate of drug-likeness (QED) is 0.856. The second-order valence-corrected chi connectivity index (χ2v) is 6.75. The van der Waals surface area contributed by atoms with Crippen LogP contribution in [0.3, 0.4) is 0 Å². The van der Waals surface area contributed by atoms with E-state index in [-0.39, 0.29) is 11.5 Å². The number of amides is 1. The number of carbonyl (C=O) groups excluding carboxylic acids is 1. The molecule has 2 aromatic carbocycles. The summed E-state index contributed by atoms with van der Waals surface area (Å²) < 4.78 is 11.8. The summed E-state index contributed by atoms with van der Waals surface area (Å²) in [5.41, 5.74) is 2.77. The van der Waals surface area contributed by atoms with Crippen molar-refractivity contribution in [2.24, 2.45) is 0 Å². The highest BCUT2D eigenvalue weighted by atomic mass is 16.5. The Morgan fingerprint density at radius 1 is 1.21 bits per heavy atom. The first-order valence-electron chi connectivity index (χ1n) is 8.23. The number of benzene rings is 2. The van der Waals surface area contributed by atoms with Crippen LogP contribution >= 0.6 is 0 Å². The van der Waals surface area contributed by atoms with Gasteiger partial charge in [-0.05, 0) is 39.0 Å². The number of para-hydroxylation sites is 1. The van der Waals surface area contributed by atoms with Crippen molar-refractivity contribution in [3.63, 3.8) is 0 Å². The van der Waals surface area contributed by atoms with E-state index >= 15 is 0 Å². The van der Waals surface area contributed by atoms with E-state index in [4.69, 9.17) is 9.47 Å². The Labute approximate surface area is 142 Å². The second-order valence-electron chi connectivity index (χ2n) is 6.75. The minimum absolute atomic E-state index is 0.0886. The summed E-state index contributed by atoms with van der Waals surface area (Å²) in [5, 5.41) is 2.87. The largest absolute Gasteiger partial charge is 0.488 e. The van der Waals surface area contributed by atoms with Crippen LogP contribution in [0.5, 0.6) is 11.5 Å². The van der Waals surface area contributed by atoms with Crippen LogP contribution in [0.15, 0.2) is 42.5 Å². The van der Waals surface area contributed by atoms with Gasteiger partial charge in [0.25, 0.3) is 5.91 Å². The molecule has 0 radical (unpaired) electrons. The monoisotopic (exact) mass is 325 g/mol. The number of hydrogen-bond acceptors (Lipinski definition) is 3. The predicted octanol–water partition coefficient (Wildman–Crippen LogP) is 3.52. The molecule has 0 saturated heterocycles. The van der Waals surface area contributed by atoms with E-state index in [2.05, 4.69) is 25.2 Å². The molecule has 0 spiro atoms. The van der Waals surface area contributed by atoms with Crippen LogP contribution in [-0.4, -0.2) is 24.7 Å². The molecule has 0 bridgehead atoms. The van der Waals surface area contributed by atoms with Gasteiger partial charge in [-0.1, -0.05) is 29.8 Å². The Bertz CT molecular complexity index is 735. The van der Waals surface area contributed by atoms with Crippen molar-refractivity contribution in [2.75, 3.05) is 13.2 Å². The first kappa shape index (κ1) is 16.4. The molecule has 126 valence electrons. The maximum Gasteiger partial charge on any atom is 0.251 e. The number of nitrogens with one attached hydrogen (secondary N) is 1. The van der Waals surface area contributed by atoms with Crippen molar-refractivity contribution in [3.8, 4) is 11.5 Å². The molecule has 0 aliphatic carbocycles. The molecule has 0 fully saturated rings. The van der Waals surface area contributed by atoms with Crippen molar-refractivity contribution >= 4 is 5.91 Å². The normalized spacial score (nSPS) is 14.6. The molecule has 1 aliphatic heterocycles. The summed E-state index contributed by atoms with van der Waals surface area (Å²) in [5.74, 6) is 1.48. The van der Waals surface area contributed by atoms with Crippen LogP contribution in [-0.2, 0) is 6.42 Å². The summed E-state index contributed by atoms with van der Waals surface area (Å²) in [6, 6.07) is 13.5. The van der Waals surface area contributed by atoms with Gasteiger partial charge in [0.15, 0.2) is 11.5 Å². The van der Waals surface area contributed by atoms with Gasteiger partial charge < -0.3 is 14.8 Å². The molecule has 1 heterocycles. The third-order valence-corrected chi connectivity index (χ3v) is 4.01. The fourth-order valence-electron chi connectivity index (χ4n) is 2.83. The topological polar surface area (TPSA) is 47.6 Å². The smallest absolute Gasteiger partial charge is 0.251 e. The Balaban J connectivity index is 1.52. The summed E-state index contributed by atoms with van der Waals surface area (Å²) in [6.45, 7) is 6.98. The molecule has 4 nitrogen and oxygen atoms in total. The highest BCUT2D eigenvalue weighted by molar-refractivity contribution is 5.94. The van der Waals surface area contributed by atoms with Crippen LogP contribution in [0.1, 0.15) is 35.3 Å². The third-order valence-electron chi connectivity index (χ3n) is 4.01. The molecule has 0 saturated carbocycles. The van der Waals surface area contributed by atoms with E-state index in [9.17, 15) is 4.79 Å². The zero-order valence-corrected chi connectivity index (χ0v) is 14.4. The van der Waals surface area contributed by atoms with Crippen molar-refractivity contribution in [2.45, 2.75) is 32.8 Å². The van der Waals surface area contributed by atoms with Crippen LogP contribution < -0.4 is 14.8 Å². The average molecular weight is 325 g/mol. The van der Waals surface area contributed by atoms with E-state index in [0.29, 0.717) is 18.7 Å². The number of carbonyl (C=O) groups is 1. The lowest BCUT2D eigenvalue weighted by Gasteiger charge is -2.18. The third kappa shape index (κ3) is 3.70. The van der Waals surface area contributed by atoms with E-state index in [1.54, 1.807) is 0 Å². The molecule has 1 aliphatic rings. The Kier molecular flexibility index (Phi) is 4.47. The Morgan fingerprint density at radius 2 is 1.96 bits per heavy atom. The molecule has 0 unspecified atom stereocenters. The van der Waals surface area contributed by atoms with Crippen molar-refractivity contribution in [1.29, 1.82) is 0 Å². The molecule has 1 amide bonds. The van der Waals surface area contributed by atoms with Gasteiger partial charge in [0.2, 0.25) is 0 Å². The lowest BCUT2D eigenvalue weighted by Crippen LogP contribution is -2.28. The molecule has 4 heteroatoms. The molecule has 2 aromatic rings. The summed E-state index contributed by atoms with van der Waals surface area (Å²) in [7, 11) is 0. The predicted molar refractivity (Wildman–Crippen MR) is 93.9 cm³/mol. The number of hydrogen-bond donors (Lipinski definition) is 1. The van der Waals surface area contributed by atoms with Gasteiger partial charge in [0.05, 0.1) is 6.54 Å². The maximum absolute atomic E-state index is 12.0. The SMILES string of the molecule is Cc1ccc(C(=O)NCCOc2cccc3c2OC(C)(C)C3)cc1. The summed E-state index contributed by atoms with van der Waals surface area (Å²) in [4.78, 5) is 12.0. The van der Waals surface area contributed by atoms with Crippen molar-refractivity contribution in [1.82, 2.24) is 5.32 Å². The van der Waals surface area contributed by atoms with E-state index in [1.807, 2.05) is 43.3 Å². The van der Waals surface area contributed by atoms with E-state index < -0.39 is 0 Å². The second kappa shape index (κ2) is 6.56. The number of fused-ring (bicyclic) bond motifs is 1. The highest BCUT2D eigenvalue weighted by Crippen LogP contribution is 2.41. The van der Waals surface area contributed by atoms with E-state index in [1.165, 1.54) is 5.56 Å². The summed E-state index contributed by atoms with van der Waals surface area (Å²) in [6.07, 6.45) is 0.879. The first-order valence-corrected chi connectivity index (χ1v) is 8.23. The Hall–Kier alpha value is -2.49. The molecular weight excluding hydrogens is 302 g/mol. The number of aryl methyl sites for hydroxylation is 1. The van der Waals surface area contributed by atoms with Crippen LogP contribution in [0.4, 0.5) is 0 Å². The average Bonchev–Trinajstić information content (AvgIpc) is 2.86. The molecule has 24 heavy (non-hydrogen) atoms. The lowest BCUT2D eigenvalue weighted by atomic mass is 10.0. The minimum Gasteiger partial charge on any atom is -0.488 e. The maximum atomic E-state index is 12.0. The first-order chi connectivity index (χ1) is 11.4. The number of ether oxygens (including phenoxy) is 2. The minimum atomic E-state index is -0.193. The molecule has 3 rings (SSSR count). The molecule has 1 N–H and O–H groups in total. The van der Waals surface area contributed by atoms with Gasteiger partial charge in [-0.2, -0.15) is 0 Å². The Morgan fingerprint density at radius 3 is 2.71 bits per heavy atom. The van der Waals surface area contributed by atoms with Gasteiger partial charge in [0.1, 0.15) is 12.2 Å². The lowest BCUT2D eigenvalue weighted by molar-refractivity contribution is 0.0946. The van der Waals surface area contributed by atoms with Gasteiger partial charge >= 0.3 is 0 Å². The van der Waals surface area contributed by atoms with Gasteiger partial charge in [-0.3, -0.25) is 4.79 Å². The molecule has 0 aromatic heterocycles. The molecule has 0 atom stereocenters. The van der Waals surface area contributed by atoms with Gasteiger partial charge in [-0.25, -0.2) is 0 Å². The fourth-order valence-corrected chi connectivity index (χ4v) is 2.83. The van der Waals surface area contributed by atoms with Crippen LogP contribution in [0.2, 0.25) is 0 Å². The standard InChI is InChI=1S/C20H23NO3/c1-14-7-9-15(10-8-14)19(22)21-11-12-23-17-6-4-5-16-13-20(2,3)24-18(16)17/h4-10H,11-13H2,1-3H3,(H,21,22). The van der Waals surface area contributed by atoms with Crippen molar-refractivity contribution in [3.05, 3.63) is 59.2 Å². The highest BCUT2D eigenvalue weighted by Gasteiger charge is 2.32. The summed E-state index contributed by atoms with van der Waals surface area (Å²) >= 11 is 0. The van der Waals surface area contributed by atoms with Crippen LogP contribution in [0.25, 0.3) is 0 Å². The zero-order valence-electron chi connectivity index (χ0n) is 14.4. The van der Waals surface area contributed by atoms with Gasteiger partial charge in [-0.15, -0.1) is 0 Å². The van der Waals surface area contributed by atoms with E-state index in [0.717, 1.165) is 23.5 Å².